The standard InChI is InChI=1S/C24H25Cl4N5O2S/c1-4-33-22(20(9-13(2)3)30-23(35)16-7-5-14(25)10-17(16)27)31-32-24(33)36-12-21(34)29-19-8-6-15(26)11-18(19)28/h5-8,10-11,13,20H,4,9,12H2,1-3H3,(H,29,34)(H,30,35)/t20-/m0/s1. The van der Waals surface area contributed by atoms with Crippen LogP contribution in [-0.4, -0.2) is 32.3 Å². The number of carbonyl (C=O) groups is 2. The lowest BCUT2D eigenvalue weighted by molar-refractivity contribution is -0.113. The Kier molecular flexibility index (Phi) is 10.3. The number of thioether (sulfide) groups is 1. The van der Waals surface area contributed by atoms with Crippen LogP contribution in [0.25, 0.3) is 0 Å². The fraction of sp³-hybridized carbons (Fsp3) is 0.333. The van der Waals surface area contributed by atoms with Crippen molar-refractivity contribution in [2.45, 2.75) is 44.9 Å². The summed E-state index contributed by atoms with van der Waals surface area (Å²) in [7, 11) is 0. The smallest absolute Gasteiger partial charge is 0.253 e. The molecule has 0 fully saturated rings. The van der Waals surface area contributed by atoms with Crippen LogP contribution in [0.4, 0.5) is 5.69 Å². The van der Waals surface area contributed by atoms with Gasteiger partial charge < -0.3 is 15.2 Å². The number of benzene rings is 2. The summed E-state index contributed by atoms with van der Waals surface area (Å²) in [6.07, 6.45) is 0.634. The van der Waals surface area contributed by atoms with Gasteiger partial charge in [0.25, 0.3) is 5.91 Å². The molecule has 192 valence electrons. The molecule has 3 rings (SSSR count). The van der Waals surface area contributed by atoms with Crippen molar-refractivity contribution in [1.82, 2.24) is 20.1 Å². The molecule has 1 heterocycles. The summed E-state index contributed by atoms with van der Waals surface area (Å²) in [6.45, 7) is 6.63. The quantitative estimate of drug-likeness (QED) is 0.245. The van der Waals surface area contributed by atoms with Crippen LogP contribution in [0.2, 0.25) is 20.1 Å². The molecule has 0 aliphatic rings. The molecule has 1 atom stereocenters. The Hall–Kier alpha value is -1.97. The first-order valence-electron chi connectivity index (χ1n) is 11.2. The maximum atomic E-state index is 13.0. The fourth-order valence-corrected chi connectivity index (χ4v) is 5.24. The number of amides is 2. The summed E-state index contributed by atoms with van der Waals surface area (Å²) < 4.78 is 1.89. The van der Waals surface area contributed by atoms with Crippen molar-refractivity contribution in [3.05, 3.63) is 67.9 Å². The predicted octanol–water partition coefficient (Wildman–Crippen LogP) is 7.16. The molecule has 0 aliphatic carbocycles. The summed E-state index contributed by atoms with van der Waals surface area (Å²) in [5.74, 6) is 0.387. The topological polar surface area (TPSA) is 88.9 Å². The molecule has 2 aromatic carbocycles. The van der Waals surface area contributed by atoms with Crippen molar-refractivity contribution < 1.29 is 9.59 Å². The lowest BCUT2D eigenvalue weighted by Crippen LogP contribution is -2.32. The Bertz CT molecular complexity index is 1250. The zero-order chi connectivity index (χ0) is 26.4. The number of rotatable bonds is 10. The minimum absolute atomic E-state index is 0.0959. The molecule has 2 amide bonds. The molecular formula is C24H25Cl4N5O2S. The monoisotopic (exact) mass is 587 g/mol. The second-order valence-electron chi connectivity index (χ2n) is 8.33. The van der Waals surface area contributed by atoms with Crippen LogP contribution >= 0.6 is 58.2 Å². The van der Waals surface area contributed by atoms with E-state index >= 15 is 0 Å². The van der Waals surface area contributed by atoms with Gasteiger partial charge >= 0.3 is 0 Å². The van der Waals surface area contributed by atoms with Gasteiger partial charge in [-0.25, -0.2) is 0 Å². The number of aromatic nitrogens is 3. The number of hydrogen-bond acceptors (Lipinski definition) is 5. The number of nitrogens with zero attached hydrogens (tertiary/aromatic N) is 3. The first-order valence-corrected chi connectivity index (χ1v) is 13.7. The first kappa shape index (κ1) is 28.6. The van der Waals surface area contributed by atoms with E-state index in [-0.39, 0.29) is 28.5 Å². The molecule has 2 N–H and O–H groups in total. The summed E-state index contributed by atoms with van der Waals surface area (Å²) in [4.78, 5) is 25.5. The van der Waals surface area contributed by atoms with Gasteiger partial charge in [-0.2, -0.15) is 0 Å². The molecule has 1 aromatic heterocycles. The highest BCUT2D eigenvalue weighted by atomic mass is 35.5. The molecule has 0 aliphatic heterocycles. The van der Waals surface area contributed by atoms with Crippen LogP contribution in [-0.2, 0) is 11.3 Å². The van der Waals surface area contributed by atoms with E-state index in [1.807, 2.05) is 11.5 Å². The number of nitrogens with one attached hydrogen (secondary N) is 2. The zero-order valence-corrected chi connectivity index (χ0v) is 23.7. The van der Waals surface area contributed by atoms with Crippen LogP contribution in [0.5, 0.6) is 0 Å². The van der Waals surface area contributed by atoms with Crippen LogP contribution < -0.4 is 10.6 Å². The molecule has 0 radical (unpaired) electrons. The van der Waals surface area contributed by atoms with E-state index in [0.717, 1.165) is 0 Å². The number of halogens is 4. The third kappa shape index (κ3) is 7.52. The summed E-state index contributed by atoms with van der Waals surface area (Å²) in [5, 5.41) is 16.6. The van der Waals surface area contributed by atoms with Crippen molar-refractivity contribution in [2.75, 3.05) is 11.1 Å². The van der Waals surface area contributed by atoms with Crippen LogP contribution in [0, 0.1) is 5.92 Å². The van der Waals surface area contributed by atoms with E-state index in [1.165, 1.54) is 17.8 Å². The summed E-state index contributed by atoms with van der Waals surface area (Å²) in [6, 6.07) is 9.18. The van der Waals surface area contributed by atoms with E-state index in [1.54, 1.807) is 30.3 Å². The maximum Gasteiger partial charge on any atom is 0.253 e. The second kappa shape index (κ2) is 13.0. The van der Waals surface area contributed by atoms with Gasteiger partial charge in [-0.15, -0.1) is 10.2 Å². The maximum absolute atomic E-state index is 13.0. The van der Waals surface area contributed by atoms with Crippen LogP contribution in [0.3, 0.4) is 0 Å². The van der Waals surface area contributed by atoms with Crippen molar-refractivity contribution >= 4 is 75.7 Å². The van der Waals surface area contributed by atoms with E-state index in [0.29, 0.717) is 50.3 Å². The fourth-order valence-electron chi connectivity index (χ4n) is 3.48. The summed E-state index contributed by atoms with van der Waals surface area (Å²) >= 11 is 25.5. The lowest BCUT2D eigenvalue weighted by atomic mass is 10.0. The number of hydrogen-bond donors (Lipinski definition) is 2. The Morgan fingerprint density at radius 1 is 1.00 bits per heavy atom. The summed E-state index contributed by atoms with van der Waals surface area (Å²) in [5.41, 5.74) is 0.800. The van der Waals surface area contributed by atoms with Gasteiger partial charge in [0.15, 0.2) is 11.0 Å². The average molecular weight is 589 g/mol. The molecule has 12 heteroatoms. The average Bonchev–Trinajstić information content (AvgIpc) is 3.21. The molecular weight excluding hydrogens is 564 g/mol. The molecule has 0 saturated heterocycles. The van der Waals surface area contributed by atoms with Gasteiger partial charge in [0.05, 0.1) is 33.1 Å². The highest BCUT2D eigenvalue weighted by Gasteiger charge is 2.25. The Morgan fingerprint density at radius 3 is 2.28 bits per heavy atom. The third-order valence-corrected chi connectivity index (χ3v) is 7.16. The van der Waals surface area contributed by atoms with Gasteiger partial charge in [-0.3, -0.25) is 9.59 Å². The van der Waals surface area contributed by atoms with Gasteiger partial charge in [0, 0.05) is 16.6 Å². The number of carbonyl (C=O) groups excluding carboxylic acids is 2. The molecule has 0 unspecified atom stereocenters. The van der Waals surface area contributed by atoms with Crippen molar-refractivity contribution in [3.63, 3.8) is 0 Å². The zero-order valence-electron chi connectivity index (χ0n) is 19.8. The largest absolute Gasteiger partial charge is 0.342 e. The number of anilines is 1. The van der Waals surface area contributed by atoms with Crippen molar-refractivity contribution in [3.8, 4) is 0 Å². The SMILES string of the molecule is CCn1c(SCC(=O)Nc2ccc(Cl)cc2Cl)nnc1[C@H](CC(C)C)NC(=O)c1ccc(Cl)cc1Cl. The van der Waals surface area contributed by atoms with E-state index in [2.05, 4.69) is 34.7 Å². The normalized spacial score (nSPS) is 12.0. The highest BCUT2D eigenvalue weighted by Crippen LogP contribution is 2.28. The van der Waals surface area contributed by atoms with E-state index in [9.17, 15) is 9.59 Å². The molecule has 0 saturated carbocycles. The van der Waals surface area contributed by atoms with Crippen molar-refractivity contribution in [2.24, 2.45) is 5.92 Å². The highest BCUT2D eigenvalue weighted by molar-refractivity contribution is 7.99. The molecule has 36 heavy (non-hydrogen) atoms. The Morgan fingerprint density at radius 2 is 1.67 bits per heavy atom. The van der Waals surface area contributed by atoms with Gasteiger partial charge in [-0.05, 0) is 55.7 Å². The molecule has 0 spiro atoms. The Labute approximate surface area is 234 Å². The minimum Gasteiger partial charge on any atom is -0.342 e. The van der Waals surface area contributed by atoms with Gasteiger partial charge in [0.1, 0.15) is 0 Å². The van der Waals surface area contributed by atoms with Gasteiger partial charge in [0.2, 0.25) is 5.91 Å². The minimum atomic E-state index is -0.409. The van der Waals surface area contributed by atoms with Gasteiger partial charge in [-0.1, -0.05) is 72.0 Å². The first-order chi connectivity index (χ1) is 17.1. The van der Waals surface area contributed by atoms with E-state index < -0.39 is 6.04 Å². The Balaban J connectivity index is 1.75. The predicted molar refractivity (Wildman–Crippen MR) is 148 cm³/mol. The van der Waals surface area contributed by atoms with Crippen molar-refractivity contribution in [1.29, 1.82) is 0 Å². The second-order valence-corrected chi connectivity index (χ2v) is 11.0. The van der Waals surface area contributed by atoms with Crippen LogP contribution in [0.15, 0.2) is 41.6 Å². The molecule has 0 bridgehead atoms. The third-order valence-electron chi connectivity index (χ3n) is 5.10. The van der Waals surface area contributed by atoms with E-state index in [4.69, 9.17) is 46.4 Å². The lowest BCUT2D eigenvalue weighted by Gasteiger charge is -2.21. The molecule has 7 nitrogen and oxygen atoms in total. The molecule has 3 aromatic rings. The van der Waals surface area contributed by atoms with Crippen LogP contribution in [0.1, 0.15) is 49.4 Å².